The number of aliphatic hydroxyl groups is 1. The number of aliphatic hydroxyl groups excluding tert-OH is 1. The fraction of sp³-hybridized carbons (Fsp3) is 0.526. The Morgan fingerprint density at radius 2 is 1.96 bits per heavy atom. The number of carbonyl (C=O) groups is 1. The van der Waals surface area contributed by atoms with Crippen LogP contribution in [0, 0.1) is 0 Å². The predicted molar refractivity (Wildman–Crippen MR) is 96.4 cm³/mol. The molecule has 7 heteroatoms. The lowest BCUT2D eigenvalue weighted by Gasteiger charge is -2.40. The van der Waals surface area contributed by atoms with Crippen molar-refractivity contribution >= 4 is 5.97 Å². The third-order valence-corrected chi connectivity index (χ3v) is 4.11. The average Bonchev–Trinajstić information content (AvgIpc) is 3.32. The molecule has 0 aliphatic carbocycles. The van der Waals surface area contributed by atoms with Crippen LogP contribution in [0.5, 0.6) is 0 Å². The molecule has 0 amide bonds. The average molecular weight is 364 g/mol. The molecule has 0 saturated carbocycles. The molecule has 1 aliphatic heterocycles. The van der Waals surface area contributed by atoms with E-state index in [-0.39, 0.29) is 19.0 Å². The van der Waals surface area contributed by atoms with Crippen molar-refractivity contribution in [3.63, 3.8) is 0 Å². The molecule has 2 unspecified atom stereocenters. The Balaban J connectivity index is 1.91. The van der Waals surface area contributed by atoms with Gasteiger partial charge in [0.2, 0.25) is 0 Å². The van der Waals surface area contributed by atoms with Gasteiger partial charge >= 0.3 is 5.97 Å². The van der Waals surface area contributed by atoms with E-state index in [1.54, 1.807) is 25.9 Å². The van der Waals surface area contributed by atoms with E-state index in [1.807, 2.05) is 38.1 Å². The molecular weight excluding hydrogens is 336 g/mol. The number of hydrogen-bond donors (Lipinski definition) is 2. The van der Waals surface area contributed by atoms with Crippen molar-refractivity contribution in [3.05, 3.63) is 48.0 Å². The summed E-state index contributed by atoms with van der Waals surface area (Å²) < 4.78 is 16.9. The fourth-order valence-corrected chi connectivity index (χ4v) is 2.45. The fourth-order valence-electron chi connectivity index (χ4n) is 2.45. The maximum Gasteiger partial charge on any atom is 0.331 e. The van der Waals surface area contributed by atoms with Crippen molar-refractivity contribution in [2.45, 2.75) is 58.1 Å². The topological polar surface area (TPSA) is 83.6 Å². The Kier molecular flexibility index (Phi) is 6.21. The van der Waals surface area contributed by atoms with E-state index in [0.717, 1.165) is 17.2 Å². The van der Waals surface area contributed by atoms with Crippen LogP contribution in [0.1, 0.15) is 44.9 Å². The van der Waals surface area contributed by atoms with Crippen molar-refractivity contribution in [1.82, 2.24) is 10.4 Å². The van der Waals surface area contributed by atoms with Gasteiger partial charge in [-0.1, -0.05) is 30.8 Å². The summed E-state index contributed by atoms with van der Waals surface area (Å²) in [4.78, 5) is 11.4. The van der Waals surface area contributed by atoms with E-state index in [4.69, 9.17) is 19.3 Å². The van der Waals surface area contributed by atoms with E-state index in [2.05, 4.69) is 12.0 Å². The van der Waals surface area contributed by atoms with Crippen LogP contribution in [0.15, 0.2) is 36.9 Å². The molecule has 1 saturated heterocycles. The molecule has 0 bridgehead atoms. The van der Waals surface area contributed by atoms with Crippen molar-refractivity contribution in [2.24, 2.45) is 0 Å². The normalized spacial score (nSPS) is 20.1. The van der Waals surface area contributed by atoms with Gasteiger partial charge in [0, 0.05) is 13.1 Å². The lowest BCUT2D eigenvalue weighted by atomic mass is 10.1. The smallest absolute Gasteiger partial charge is 0.331 e. The first kappa shape index (κ1) is 20.5. The number of hydrazine groups is 1. The summed E-state index contributed by atoms with van der Waals surface area (Å²) in [7, 11) is 1.80. The molecule has 1 heterocycles. The highest BCUT2D eigenvalue weighted by molar-refractivity contribution is 5.81. The van der Waals surface area contributed by atoms with Crippen molar-refractivity contribution in [2.75, 3.05) is 7.05 Å². The van der Waals surface area contributed by atoms with Gasteiger partial charge in [0.1, 0.15) is 11.8 Å². The molecule has 1 aromatic rings. The predicted octanol–water partition coefficient (Wildman–Crippen LogP) is 2.23. The van der Waals surface area contributed by atoms with Crippen LogP contribution in [0.25, 0.3) is 0 Å². The summed E-state index contributed by atoms with van der Waals surface area (Å²) in [5.74, 6) is -0.508. The van der Waals surface area contributed by atoms with Crippen LogP contribution >= 0.6 is 0 Å². The van der Waals surface area contributed by atoms with Gasteiger partial charge in [0.15, 0.2) is 12.0 Å². The first-order valence-electron chi connectivity index (χ1n) is 8.48. The number of nitrogens with one attached hydrogen (secondary N) is 1. The van der Waals surface area contributed by atoms with Crippen LogP contribution in [-0.4, -0.2) is 40.9 Å². The molecule has 1 aromatic carbocycles. The summed E-state index contributed by atoms with van der Waals surface area (Å²) in [6.07, 6.45) is 0.616. The highest BCUT2D eigenvalue weighted by atomic mass is 16.8. The van der Waals surface area contributed by atoms with Gasteiger partial charge in [0.25, 0.3) is 0 Å². The SMILES string of the molecule is C=CC(=O)OC(C)(C)NN(C)C(C)(C)OC1OC1c1ccc(CO)cc1. The van der Waals surface area contributed by atoms with Gasteiger partial charge in [-0.3, -0.25) is 0 Å². The minimum atomic E-state index is -0.926. The van der Waals surface area contributed by atoms with Gasteiger partial charge in [-0.2, -0.15) is 0 Å². The standard InChI is InChI=1S/C19H28N2O5/c1-7-15(23)25-18(2,3)20-21(6)19(4,5)26-17-16(24-17)14-10-8-13(12-22)9-11-14/h7-11,16-17,20,22H,1,12H2,2-6H3. The number of rotatable bonds is 9. The van der Waals surface area contributed by atoms with Gasteiger partial charge in [-0.05, 0) is 38.8 Å². The second kappa shape index (κ2) is 7.85. The molecule has 2 N–H and O–H groups in total. The lowest BCUT2D eigenvalue weighted by molar-refractivity contribution is -0.205. The third-order valence-electron chi connectivity index (χ3n) is 4.11. The zero-order chi connectivity index (χ0) is 19.5. The molecule has 1 aliphatic rings. The summed E-state index contributed by atoms with van der Waals surface area (Å²) in [5.41, 5.74) is 3.31. The van der Waals surface area contributed by atoms with Crippen molar-refractivity contribution in [3.8, 4) is 0 Å². The summed E-state index contributed by atoms with van der Waals surface area (Å²) in [5, 5.41) is 10.8. The molecule has 2 rings (SSSR count). The largest absolute Gasteiger partial charge is 0.440 e. The molecular formula is C19H28N2O5. The number of ether oxygens (including phenoxy) is 3. The van der Waals surface area contributed by atoms with E-state index in [1.165, 1.54) is 0 Å². The Bertz CT molecular complexity index is 642. The van der Waals surface area contributed by atoms with Gasteiger partial charge in [-0.25, -0.2) is 15.2 Å². The molecule has 0 radical (unpaired) electrons. The number of epoxide rings is 1. The first-order chi connectivity index (χ1) is 12.1. The number of esters is 1. The minimum absolute atomic E-state index is 0.0153. The molecule has 1 fully saturated rings. The quantitative estimate of drug-likeness (QED) is 0.229. The van der Waals surface area contributed by atoms with E-state index < -0.39 is 17.4 Å². The third kappa shape index (κ3) is 5.36. The Morgan fingerprint density at radius 1 is 1.35 bits per heavy atom. The lowest BCUT2D eigenvalue weighted by Crippen LogP contribution is -2.59. The molecule has 2 atom stereocenters. The maximum absolute atomic E-state index is 11.4. The summed E-state index contributed by atoms with van der Waals surface area (Å²) >= 11 is 0. The zero-order valence-corrected chi connectivity index (χ0v) is 16.0. The second-order valence-corrected chi connectivity index (χ2v) is 7.20. The highest BCUT2D eigenvalue weighted by Gasteiger charge is 2.46. The van der Waals surface area contributed by atoms with Crippen LogP contribution in [-0.2, 0) is 25.6 Å². The van der Waals surface area contributed by atoms with Crippen LogP contribution in [0.3, 0.4) is 0 Å². The van der Waals surface area contributed by atoms with Crippen LogP contribution in [0.4, 0.5) is 0 Å². The Morgan fingerprint density at radius 3 is 2.50 bits per heavy atom. The molecule has 7 nitrogen and oxygen atoms in total. The summed E-state index contributed by atoms with van der Waals surface area (Å²) in [6, 6.07) is 7.57. The molecule has 144 valence electrons. The van der Waals surface area contributed by atoms with Crippen molar-refractivity contribution in [1.29, 1.82) is 0 Å². The second-order valence-electron chi connectivity index (χ2n) is 7.20. The number of benzene rings is 1. The monoisotopic (exact) mass is 364 g/mol. The minimum Gasteiger partial charge on any atom is -0.440 e. The van der Waals surface area contributed by atoms with Gasteiger partial charge in [0.05, 0.1) is 6.61 Å². The molecule has 0 aromatic heterocycles. The number of hydrogen-bond acceptors (Lipinski definition) is 7. The molecule has 26 heavy (non-hydrogen) atoms. The van der Waals surface area contributed by atoms with Gasteiger partial charge in [-0.15, -0.1) is 0 Å². The van der Waals surface area contributed by atoms with E-state index >= 15 is 0 Å². The van der Waals surface area contributed by atoms with E-state index in [9.17, 15) is 4.79 Å². The Hall–Kier alpha value is -1.77. The molecule has 0 spiro atoms. The van der Waals surface area contributed by atoms with Crippen LogP contribution < -0.4 is 5.43 Å². The first-order valence-corrected chi connectivity index (χ1v) is 8.48. The zero-order valence-electron chi connectivity index (χ0n) is 16.0. The summed E-state index contributed by atoms with van der Waals surface area (Å²) in [6.45, 7) is 10.7. The number of nitrogens with zero attached hydrogens (tertiary/aromatic N) is 1. The number of carbonyl (C=O) groups excluding carboxylic acids is 1. The Labute approximate surface area is 154 Å². The highest BCUT2D eigenvalue weighted by Crippen LogP contribution is 2.42. The van der Waals surface area contributed by atoms with E-state index in [0.29, 0.717) is 0 Å². The maximum atomic E-state index is 11.4. The van der Waals surface area contributed by atoms with Crippen LogP contribution in [0.2, 0.25) is 0 Å². The van der Waals surface area contributed by atoms with Gasteiger partial charge < -0.3 is 19.3 Å². The van der Waals surface area contributed by atoms with Crippen molar-refractivity contribution < 1.29 is 24.1 Å².